The second kappa shape index (κ2) is 6.63. The molecule has 20 heavy (non-hydrogen) atoms. The summed E-state index contributed by atoms with van der Waals surface area (Å²) >= 11 is 0. The molecule has 4 nitrogen and oxygen atoms in total. The molecule has 2 heterocycles. The van der Waals surface area contributed by atoms with Crippen LogP contribution < -0.4 is 10.6 Å². The first kappa shape index (κ1) is 16.1. The molecule has 2 aliphatic heterocycles. The van der Waals surface area contributed by atoms with Crippen LogP contribution in [0.2, 0.25) is 0 Å². The van der Waals surface area contributed by atoms with E-state index in [1.807, 2.05) is 0 Å². The largest absolute Gasteiger partial charge is 0.378 e. The van der Waals surface area contributed by atoms with Crippen LogP contribution in [0, 0.1) is 11.3 Å². The quantitative estimate of drug-likeness (QED) is 0.833. The molecule has 1 aliphatic carbocycles. The van der Waals surface area contributed by atoms with Gasteiger partial charge in [0, 0.05) is 18.6 Å². The Morgan fingerprint density at radius 1 is 1.45 bits per heavy atom. The maximum absolute atomic E-state index is 12.3. The zero-order valence-corrected chi connectivity index (χ0v) is 13.1. The van der Waals surface area contributed by atoms with Crippen LogP contribution in [0.1, 0.15) is 45.4 Å². The summed E-state index contributed by atoms with van der Waals surface area (Å²) in [4.78, 5) is 12.3. The van der Waals surface area contributed by atoms with Crippen LogP contribution in [0.4, 0.5) is 0 Å². The van der Waals surface area contributed by atoms with Crippen molar-refractivity contribution in [2.24, 2.45) is 11.3 Å². The van der Waals surface area contributed by atoms with Gasteiger partial charge >= 0.3 is 0 Å². The van der Waals surface area contributed by atoms with Gasteiger partial charge in [0.05, 0.1) is 6.10 Å². The van der Waals surface area contributed by atoms with E-state index in [4.69, 9.17) is 4.74 Å². The minimum atomic E-state index is 0. The van der Waals surface area contributed by atoms with Crippen LogP contribution in [0.25, 0.3) is 0 Å². The predicted molar refractivity (Wildman–Crippen MR) is 81.1 cm³/mol. The van der Waals surface area contributed by atoms with E-state index in [0.29, 0.717) is 11.5 Å². The van der Waals surface area contributed by atoms with E-state index in [9.17, 15) is 4.79 Å². The van der Waals surface area contributed by atoms with Gasteiger partial charge in [-0.2, -0.15) is 0 Å². The van der Waals surface area contributed by atoms with Crippen molar-refractivity contribution >= 4 is 18.3 Å². The van der Waals surface area contributed by atoms with Crippen molar-refractivity contribution in [3.8, 4) is 0 Å². The Morgan fingerprint density at radius 2 is 2.20 bits per heavy atom. The Bertz CT molecular complexity index is 339. The van der Waals surface area contributed by atoms with Crippen LogP contribution in [0.3, 0.4) is 0 Å². The Morgan fingerprint density at radius 3 is 2.85 bits per heavy atom. The van der Waals surface area contributed by atoms with Gasteiger partial charge in [-0.15, -0.1) is 12.4 Å². The summed E-state index contributed by atoms with van der Waals surface area (Å²) in [5.74, 6) is 0.564. The number of rotatable bonds is 4. The normalized spacial score (nSPS) is 32.5. The number of carbonyl (C=O) groups excluding carboxylic acids is 1. The van der Waals surface area contributed by atoms with Crippen LogP contribution in [-0.4, -0.2) is 37.7 Å². The summed E-state index contributed by atoms with van der Waals surface area (Å²) in [6.07, 6.45) is 7.10. The molecule has 0 bridgehead atoms. The number of ether oxygens (including phenoxy) is 1. The number of nitrogens with one attached hydrogen (secondary N) is 2. The minimum Gasteiger partial charge on any atom is -0.378 e. The zero-order chi connectivity index (χ0) is 13.3. The number of carbonyl (C=O) groups is 1. The number of amides is 1. The minimum absolute atomic E-state index is 0. The first-order valence-corrected chi connectivity index (χ1v) is 7.82. The summed E-state index contributed by atoms with van der Waals surface area (Å²) in [7, 11) is 0. The van der Waals surface area contributed by atoms with Gasteiger partial charge in [0.1, 0.15) is 0 Å². The Hall–Kier alpha value is -0.320. The molecule has 0 aromatic heterocycles. The molecule has 3 aliphatic rings. The third-order valence-electron chi connectivity index (χ3n) is 5.13. The highest BCUT2D eigenvalue weighted by Gasteiger charge is 2.57. The fourth-order valence-corrected chi connectivity index (χ4v) is 3.82. The molecule has 5 heteroatoms. The molecule has 2 N–H and O–H groups in total. The van der Waals surface area contributed by atoms with E-state index < -0.39 is 0 Å². The molecular weight excluding hydrogens is 276 g/mol. The third-order valence-corrected chi connectivity index (χ3v) is 5.13. The topological polar surface area (TPSA) is 50.4 Å². The fourth-order valence-electron chi connectivity index (χ4n) is 3.82. The lowest BCUT2D eigenvalue weighted by Crippen LogP contribution is -2.38. The number of hydrogen-bond donors (Lipinski definition) is 2. The Kier molecular flexibility index (Phi) is 5.32. The van der Waals surface area contributed by atoms with Gasteiger partial charge < -0.3 is 15.4 Å². The van der Waals surface area contributed by atoms with Gasteiger partial charge in [-0.1, -0.05) is 0 Å². The number of hydrogen-bond acceptors (Lipinski definition) is 3. The van der Waals surface area contributed by atoms with E-state index in [0.717, 1.165) is 39.0 Å². The molecule has 1 saturated carbocycles. The molecule has 0 aromatic carbocycles. The van der Waals surface area contributed by atoms with Gasteiger partial charge in [-0.25, -0.2) is 0 Å². The molecule has 0 radical (unpaired) electrons. The lowest BCUT2D eigenvalue weighted by Gasteiger charge is -2.24. The smallest absolute Gasteiger partial charge is 0.223 e. The van der Waals surface area contributed by atoms with Crippen LogP contribution in [0.15, 0.2) is 0 Å². The molecule has 0 aromatic rings. The molecule has 1 amide bonds. The lowest BCUT2D eigenvalue weighted by molar-refractivity contribution is -0.124. The van der Waals surface area contributed by atoms with Gasteiger partial charge in [0.15, 0.2) is 0 Å². The van der Waals surface area contributed by atoms with E-state index in [1.54, 1.807) is 0 Å². The Labute approximate surface area is 127 Å². The monoisotopic (exact) mass is 302 g/mol. The summed E-state index contributed by atoms with van der Waals surface area (Å²) in [6.45, 7) is 5.16. The van der Waals surface area contributed by atoms with E-state index in [-0.39, 0.29) is 30.3 Å². The van der Waals surface area contributed by atoms with Crippen molar-refractivity contribution < 1.29 is 9.53 Å². The average molecular weight is 303 g/mol. The first-order chi connectivity index (χ1) is 9.20. The van der Waals surface area contributed by atoms with Crippen LogP contribution in [0.5, 0.6) is 0 Å². The van der Waals surface area contributed by atoms with E-state index in [1.165, 1.54) is 19.3 Å². The zero-order valence-electron chi connectivity index (χ0n) is 12.3. The van der Waals surface area contributed by atoms with Crippen molar-refractivity contribution in [1.82, 2.24) is 10.6 Å². The van der Waals surface area contributed by atoms with Crippen molar-refractivity contribution in [2.75, 3.05) is 19.7 Å². The average Bonchev–Trinajstić information content (AvgIpc) is 2.84. The highest BCUT2D eigenvalue weighted by Crippen LogP contribution is 2.58. The molecule has 2 saturated heterocycles. The van der Waals surface area contributed by atoms with E-state index in [2.05, 4.69) is 17.6 Å². The van der Waals surface area contributed by atoms with Crippen molar-refractivity contribution in [3.63, 3.8) is 0 Å². The second-order valence-electron chi connectivity index (χ2n) is 6.65. The third kappa shape index (κ3) is 3.46. The molecule has 3 unspecified atom stereocenters. The summed E-state index contributed by atoms with van der Waals surface area (Å²) in [6, 6.07) is 0.245. The highest BCUT2D eigenvalue weighted by atomic mass is 35.5. The molecule has 3 fully saturated rings. The van der Waals surface area contributed by atoms with E-state index >= 15 is 0 Å². The van der Waals surface area contributed by atoms with Gasteiger partial charge in [-0.05, 0) is 64.0 Å². The second-order valence-corrected chi connectivity index (χ2v) is 6.65. The summed E-state index contributed by atoms with van der Waals surface area (Å²) in [5.41, 5.74) is 0.346. The first-order valence-electron chi connectivity index (χ1n) is 7.82. The number of halogens is 1. The Balaban J connectivity index is 0.00000147. The summed E-state index contributed by atoms with van der Waals surface area (Å²) < 4.78 is 5.63. The molecule has 3 rings (SSSR count). The molecule has 3 atom stereocenters. The molecular formula is C15H27ClN2O2. The predicted octanol–water partition coefficient (Wildman–Crippen LogP) is 1.87. The van der Waals surface area contributed by atoms with Crippen LogP contribution in [-0.2, 0) is 9.53 Å². The van der Waals surface area contributed by atoms with Gasteiger partial charge in [-0.3, -0.25) is 4.79 Å². The maximum Gasteiger partial charge on any atom is 0.223 e. The number of piperidine rings is 1. The fraction of sp³-hybridized carbons (Fsp3) is 0.933. The van der Waals surface area contributed by atoms with Crippen molar-refractivity contribution in [3.05, 3.63) is 0 Å². The standard InChI is InChI=1S/C15H26N2O2.ClH/c1-11(9-12-3-2-8-19-12)17-14(18)13-10-15(13)4-6-16-7-5-15;/h11-13,16H,2-10H2,1H3,(H,17,18);1H. The molecule has 116 valence electrons. The lowest BCUT2D eigenvalue weighted by atomic mass is 9.91. The van der Waals surface area contributed by atoms with Crippen molar-refractivity contribution in [2.45, 2.75) is 57.6 Å². The van der Waals surface area contributed by atoms with Gasteiger partial charge in [0.2, 0.25) is 5.91 Å². The highest BCUT2D eigenvalue weighted by molar-refractivity contribution is 5.85. The molecule has 1 spiro atoms. The summed E-state index contributed by atoms with van der Waals surface area (Å²) in [5, 5.41) is 6.58. The maximum atomic E-state index is 12.3. The van der Waals surface area contributed by atoms with Gasteiger partial charge in [0.25, 0.3) is 0 Å². The van der Waals surface area contributed by atoms with Crippen molar-refractivity contribution in [1.29, 1.82) is 0 Å². The SMILES string of the molecule is CC(CC1CCCO1)NC(=O)C1CC12CCNCC2.Cl. The van der Waals surface area contributed by atoms with Crippen LogP contribution >= 0.6 is 12.4 Å².